The summed E-state index contributed by atoms with van der Waals surface area (Å²) >= 11 is 0. The Morgan fingerprint density at radius 3 is 2.65 bits per heavy atom. The van der Waals surface area contributed by atoms with E-state index in [1.54, 1.807) is 0 Å². The summed E-state index contributed by atoms with van der Waals surface area (Å²) < 4.78 is 0. The molecule has 0 saturated heterocycles. The molecule has 0 fully saturated rings. The molecular formula is C15H21NO. The van der Waals surface area contributed by atoms with Gasteiger partial charge in [0.2, 0.25) is 5.91 Å². The summed E-state index contributed by atoms with van der Waals surface area (Å²) in [5.74, 6) is 0.229. The molecule has 1 heterocycles. The monoisotopic (exact) mass is 231 g/mol. The highest BCUT2D eigenvalue weighted by molar-refractivity contribution is 5.98. The van der Waals surface area contributed by atoms with Gasteiger partial charge in [-0.1, -0.05) is 39.0 Å². The van der Waals surface area contributed by atoms with Crippen molar-refractivity contribution in [2.75, 3.05) is 11.4 Å². The van der Waals surface area contributed by atoms with E-state index in [1.807, 2.05) is 25.7 Å². The van der Waals surface area contributed by atoms with Crippen molar-refractivity contribution in [1.29, 1.82) is 0 Å². The second-order valence-corrected chi connectivity index (χ2v) is 5.89. The highest BCUT2D eigenvalue weighted by atomic mass is 16.2. The maximum Gasteiger partial charge on any atom is 0.232 e. The van der Waals surface area contributed by atoms with E-state index >= 15 is 0 Å². The number of fused-ring (bicyclic) bond motifs is 1. The highest BCUT2D eigenvalue weighted by Crippen LogP contribution is 2.33. The predicted molar refractivity (Wildman–Crippen MR) is 71.3 cm³/mol. The van der Waals surface area contributed by atoms with Crippen LogP contribution >= 0.6 is 0 Å². The first-order valence-corrected chi connectivity index (χ1v) is 6.32. The molecule has 1 amide bonds. The minimum Gasteiger partial charge on any atom is -0.311 e. The van der Waals surface area contributed by atoms with Gasteiger partial charge in [0.15, 0.2) is 0 Å². The first kappa shape index (κ1) is 12.2. The summed E-state index contributed by atoms with van der Waals surface area (Å²) in [5, 5.41) is 0. The van der Waals surface area contributed by atoms with Gasteiger partial charge in [-0.2, -0.15) is 0 Å². The molecule has 0 saturated carbocycles. The van der Waals surface area contributed by atoms with Gasteiger partial charge >= 0.3 is 0 Å². The van der Waals surface area contributed by atoms with Gasteiger partial charge in [-0.3, -0.25) is 4.79 Å². The van der Waals surface area contributed by atoms with E-state index in [4.69, 9.17) is 0 Å². The van der Waals surface area contributed by atoms with E-state index in [0.29, 0.717) is 0 Å². The zero-order chi connectivity index (χ0) is 12.6. The predicted octanol–water partition coefficient (Wildman–Crippen LogP) is 3.32. The summed E-state index contributed by atoms with van der Waals surface area (Å²) in [5.41, 5.74) is 3.36. The second kappa shape index (κ2) is 4.17. The van der Waals surface area contributed by atoms with Gasteiger partial charge in [0, 0.05) is 17.6 Å². The number of hydrogen-bond donors (Lipinski definition) is 0. The van der Waals surface area contributed by atoms with Gasteiger partial charge in [-0.15, -0.1) is 0 Å². The third-order valence-corrected chi connectivity index (χ3v) is 3.31. The molecule has 2 nitrogen and oxygen atoms in total. The average molecular weight is 231 g/mol. The van der Waals surface area contributed by atoms with E-state index in [-0.39, 0.29) is 11.3 Å². The van der Waals surface area contributed by atoms with E-state index in [2.05, 4.69) is 25.1 Å². The summed E-state index contributed by atoms with van der Waals surface area (Å²) in [7, 11) is 0. The number of nitrogens with zero attached hydrogens (tertiary/aromatic N) is 1. The first-order valence-electron chi connectivity index (χ1n) is 6.32. The number of carbonyl (C=O) groups excluding carboxylic acids is 1. The van der Waals surface area contributed by atoms with Crippen LogP contribution in [0.5, 0.6) is 0 Å². The fourth-order valence-electron chi connectivity index (χ4n) is 2.46. The van der Waals surface area contributed by atoms with Crippen LogP contribution in [0.2, 0.25) is 0 Å². The fraction of sp³-hybridized carbons (Fsp3) is 0.533. The van der Waals surface area contributed by atoms with Gasteiger partial charge < -0.3 is 4.90 Å². The molecule has 17 heavy (non-hydrogen) atoms. The van der Waals surface area contributed by atoms with Crippen molar-refractivity contribution in [3.63, 3.8) is 0 Å². The molecule has 2 rings (SSSR count). The lowest BCUT2D eigenvalue weighted by molar-refractivity contribution is -0.125. The van der Waals surface area contributed by atoms with Crippen LogP contribution in [-0.2, 0) is 11.2 Å². The topological polar surface area (TPSA) is 20.3 Å². The Kier molecular flexibility index (Phi) is 2.98. The maximum atomic E-state index is 12.5. The molecule has 0 aliphatic carbocycles. The molecule has 92 valence electrons. The highest BCUT2D eigenvalue weighted by Gasteiger charge is 2.31. The zero-order valence-electron chi connectivity index (χ0n) is 11.2. The van der Waals surface area contributed by atoms with Crippen LogP contribution in [0.25, 0.3) is 0 Å². The molecular weight excluding hydrogens is 210 g/mol. The maximum absolute atomic E-state index is 12.5. The molecule has 1 aromatic rings. The Morgan fingerprint density at radius 2 is 2.00 bits per heavy atom. The number of benzene rings is 1. The molecule has 1 aliphatic heterocycles. The van der Waals surface area contributed by atoms with Crippen LogP contribution in [0.4, 0.5) is 5.69 Å². The van der Waals surface area contributed by atoms with Crippen molar-refractivity contribution >= 4 is 11.6 Å². The van der Waals surface area contributed by atoms with Gasteiger partial charge in [0.05, 0.1) is 0 Å². The Balaban J connectivity index is 2.45. The van der Waals surface area contributed by atoms with Crippen LogP contribution in [0.15, 0.2) is 18.2 Å². The number of para-hydroxylation sites is 1. The van der Waals surface area contributed by atoms with E-state index in [9.17, 15) is 4.79 Å². The fourth-order valence-corrected chi connectivity index (χ4v) is 2.46. The number of anilines is 1. The summed E-state index contributed by atoms with van der Waals surface area (Å²) in [4.78, 5) is 14.4. The van der Waals surface area contributed by atoms with Crippen molar-refractivity contribution in [3.8, 4) is 0 Å². The number of aryl methyl sites for hydroxylation is 2. The Bertz CT molecular complexity index is 443. The smallest absolute Gasteiger partial charge is 0.232 e. The van der Waals surface area contributed by atoms with Gasteiger partial charge in [-0.05, 0) is 30.9 Å². The zero-order valence-corrected chi connectivity index (χ0v) is 11.2. The van der Waals surface area contributed by atoms with Crippen LogP contribution in [-0.4, -0.2) is 12.5 Å². The lowest BCUT2D eigenvalue weighted by Gasteiger charge is -2.35. The summed E-state index contributed by atoms with van der Waals surface area (Å²) in [6.07, 6.45) is 2.16. The van der Waals surface area contributed by atoms with E-state index < -0.39 is 0 Å². The minimum absolute atomic E-state index is 0.229. The lowest BCUT2D eigenvalue weighted by Crippen LogP contribution is -2.42. The molecule has 0 atom stereocenters. The van der Waals surface area contributed by atoms with Crippen LogP contribution in [0, 0.1) is 12.3 Å². The Labute approximate surface area is 104 Å². The average Bonchev–Trinajstić information content (AvgIpc) is 2.26. The number of rotatable bonds is 0. The number of hydrogen-bond acceptors (Lipinski definition) is 1. The third-order valence-electron chi connectivity index (χ3n) is 3.31. The van der Waals surface area contributed by atoms with Gasteiger partial charge in [-0.25, -0.2) is 0 Å². The molecule has 0 spiro atoms. The molecule has 1 aliphatic rings. The molecule has 0 unspecified atom stereocenters. The van der Waals surface area contributed by atoms with Crippen LogP contribution in [0.1, 0.15) is 38.3 Å². The van der Waals surface area contributed by atoms with Crippen molar-refractivity contribution < 1.29 is 4.79 Å². The SMILES string of the molecule is Cc1cccc2c1N(C(=O)C(C)(C)C)CCC2. The quantitative estimate of drug-likeness (QED) is 0.670. The lowest BCUT2D eigenvalue weighted by atomic mass is 9.91. The summed E-state index contributed by atoms with van der Waals surface area (Å²) in [6, 6.07) is 6.32. The Morgan fingerprint density at radius 1 is 1.29 bits per heavy atom. The van der Waals surface area contributed by atoms with Crippen molar-refractivity contribution in [1.82, 2.24) is 0 Å². The molecule has 0 radical (unpaired) electrons. The third kappa shape index (κ3) is 2.21. The molecule has 0 bridgehead atoms. The Hall–Kier alpha value is -1.31. The van der Waals surface area contributed by atoms with Crippen LogP contribution < -0.4 is 4.90 Å². The molecule has 0 N–H and O–H groups in total. The van der Waals surface area contributed by atoms with Gasteiger partial charge in [0.25, 0.3) is 0 Å². The second-order valence-electron chi connectivity index (χ2n) is 5.89. The first-order chi connectivity index (χ1) is 7.91. The largest absolute Gasteiger partial charge is 0.311 e. The molecule has 1 aromatic carbocycles. The normalized spacial score (nSPS) is 15.6. The molecule has 0 aromatic heterocycles. The van der Waals surface area contributed by atoms with E-state index in [0.717, 1.165) is 25.1 Å². The van der Waals surface area contributed by atoms with Crippen LogP contribution in [0.3, 0.4) is 0 Å². The minimum atomic E-state index is -0.309. The number of carbonyl (C=O) groups is 1. The molecule has 2 heteroatoms. The summed E-state index contributed by atoms with van der Waals surface area (Å²) in [6.45, 7) is 8.91. The van der Waals surface area contributed by atoms with Gasteiger partial charge in [0.1, 0.15) is 0 Å². The standard InChI is InChI=1S/C15H21NO/c1-11-7-5-8-12-9-6-10-16(13(11)12)14(17)15(2,3)4/h5,7-8H,6,9-10H2,1-4H3. The number of amides is 1. The van der Waals surface area contributed by atoms with Crippen molar-refractivity contribution in [2.45, 2.75) is 40.5 Å². The van der Waals surface area contributed by atoms with Crippen molar-refractivity contribution in [2.24, 2.45) is 5.41 Å². The van der Waals surface area contributed by atoms with E-state index in [1.165, 1.54) is 11.1 Å². The van der Waals surface area contributed by atoms with Crippen molar-refractivity contribution in [3.05, 3.63) is 29.3 Å².